The molecule has 1 atom stereocenters. The van der Waals surface area contributed by atoms with Crippen molar-refractivity contribution in [2.45, 2.75) is 303 Å². The number of rotatable bonds is 55. The second kappa shape index (κ2) is 60.1. The molecule has 414 valence electrons. The van der Waals surface area contributed by atoms with Gasteiger partial charge in [0, 0.05) is 19.3 Å². The highest BCUT2D eigenvalue weighted by Gasteiger charge is 2.19. The number of unbranched alkanes of at least 4 members (excludes halogenated alkanes) is 30. The first-order chi connectivity index (χ1) is 35.5. The van der Waals surface area contributed by atoms with E-state index in [1.807, 2.05) is 0 Å². The minimum absolute atomic E-state index is 0.0810. The standard InChI is InChI=1S/C66H114O6/c1-4-7-10-13-16-19-22-24-26-28-29-30-31-32-33-34-35-36-37-39-40-42-44-47-50-53-56-59-65(68)71-62-63(61-70-64(67)58-55-52-49-46-21-18-15-12-9-6-3)72-66(69)60-57-54-51-48-45-43-41-38-27-25-23-20-17-14-11-8-5-2/h7,10,12,15-16,19,24,26,29-30,32-33,35-36,63H,4-6,8-9,11,13-14,17-18,20-23,25,27-28,31,34,37-62H2,1-3H3/b10-7-,15-12-,19-16-,26-24-,30-29-,33-32-,36-35-. The van der Waals surface area contributed by atoms with Gasteiger partial charge in [0.2, 0.25) is 0 Å². The van der Waals surface area contributed by atoms with Gasteiger partial charge in [0.05, 0.1) is 0 Å². The number of carbonyl (C=O) groups is 3. The normalized spacial score (nSPS) is 12.7. The van der Waals surface area contributed by atoms with Crippen LogP contribution in [0.3, 0.4) is 0 Å². The van der Waals surface area contributed by atoms with Crippen molar-refractivity contribution in [3.05, 3.63) is 85.1 Å². The van der Waals surface area contributed by atoms with Crippen molar-refractivity contribution in [1.82, 2.24) is 0 Å². The predicted octanol–water partition coefficient (Wildman–Crippen LogP) is 20.7. The van der Waals surface area contributed by atoms with Crippen LogP contribution in [0.15, 0.2) is 85.1 Å². The van der Waals surface area contributed by atoms with Crippen LogP contribution in [0, 0.1) is 0 Å². The van der Waals surface area contributed by atoms with Crippen molar-refractivity contribution < 1.29 is 28.6 Å². The lowest BCUT2D eigenvalue weighted by atomic mass is 10.0. The number of allylic oxidation sites excluding steroid dienone is 14. The van der Waals surface area contributed by atoms with Gasteiger partial charge in [-0.1, -0.05) is 273 Å². The molecule has 1 unspecified atom stereocenters. The van der Waals surface area contributed by atoms with Crippen LogP contribution < -0.4 is 0 Å². The van der Waals surface area contributed by atoms with E-state index in [0.717, 1.165) is 116 Å². The molecule has 0 saturated heterocycles. The molecule has 0 aliphatic carbocycles. The minimum atomic E-state index is -0.781. The summed E-state index contributed by atoms with van der Waals surface area (Å²) in [5.74, 6) is -0.889. The Morgan fingerprint density at radius 2 is 0.569 bits per heavy atom. The average molecular weight is 1000 g/mol. The Hall–Kier alpha value is -3.41. The van der Waals surface area contributed by atoms with Gasteiger partial charge in [-0.2, -0.15) is 0 Å². The summed E-state index contributed by atoms with van der Waals surface area (Å²) in [6, 6.07) is 0. The minimum Gasteiger partial charge on any atom is -0.462 e. The first kappa shape index (κ1) is 68.6. The van der Waals surface area contributed by atoms with Crippen molar-refractivity contribution >= 4 is 17.9 Å². The fourth-order valence-corrected chi connectivity index (χ4v) is 8.57. The van der Waals surface area contributed by atoms with E-state index in [1.54, 1.807) is 0 Å². The Balaban J connectivity index is 4.26. The maximum absolute atomic E-state index is 12.9. The van der Waals surface area contributed by atoms with Gasteiger partial charge in [-0.15, -0.1) is 0 Å². The van der Waals surface area contributed by atoms with Crippen molar-refractivity contribution in [1.29, 1.82) is 0 Å². The molecule has 0 aliphatic rings. The lowest BCUT2D eigenvalue weighted by Crippen LogP contribution is -2.30. The van der Waals surface area contributed by atoms with Crippen LogP contribution in [-0.2, 0) is 28.6 Å². The van der Waals surface area contributed by atoms with E-state index in [4.69, 9.17) is 14.2 Å². The van der Waals surface area contributed by atoms with Gasteiger partial charge in [-0.25, -0.2) is 0 Å². The van der Waals surface area contributed by atoms with Gasteiger partial charge < -0.3 is 14.2 Å². The summed E-state index contributed by atoms with van der Waals surface area (Å²) in [7, 11) is 0. The maximum Gasteiger partial charge on any atom is 0.306 e. The Bertz CT molecular complexity index is 1380. The molecule has 0 N–H and O–H groups in total. The highest BCUT2D eigenvalue weighted by Crippen LogP contribution is 2.16. The van der Waals surface area contributed by atoms with Crippen molar-refractivity contribution in [3.8, 4) is 0 Å². The SMILES string of the molecule is CC/C=C\C/C=C\C/C=C\C/C=C\C/C=C\C/C=C\CCCCCCCCCCC(=O)OCC(COC(=O)CCCCCCC/C=C\CCC)OC(=O)CCCCCCCCCCCCCCCCCCC. The molecule has 0 amide bonds. The third kappa shape index (κ3) is 57.5. The molecule has 0 rings (SSSR count). The monoisotopic (exact) mass is 1000 g/mol. The van der Waals surface area contributed by atoms with Crippen molar-refractivity contribution in [3.63, 3.8) is 0 Å². The van der Waals surface area contributed by atoms with E-state index in [1.165, 1.54) is 141 Å². The summed E-state index contributed by atoms with van der Waals surface area (Å²) < 4.78 is 16.9. The molecule has 0 bridgehead atoms. The van der Waals surface area contributed by atoms with Crippen LogP contribution in [0.25, 0.3) is 0 Å². The third-order valence-corrected chi connectivity index (χ3v) is 13.1. The van der Waals surface area contributed by atoms with E-state index >= 15 is 0 Å². The van der Waals surface area contributed by atoms with Crippen LogP contribution in [0.5, 0.6) is 0 Å². The fourth-order valence-electron chi connectivity index (χ4n) is 8.57. The van der Waals surface area contributed by atoms with E-state index in [9.17, 15) is 14.4 Å². The Kier molecular flexibility index (Phi) is 57.3. The molecular formula is C66H114O6. The van der Waals surface area contributed by atoms with Crippen LogP contribution in [0.1, 0.15) is 297 Å². The number of hydrogen-bond donors (Lipinski definition) is 0. The molecule has 6 heteroatoms. The summed E-state index contributed by atoms with van der Waals surface area (Å²) in [4.78, 5) is 38.1. The summed E-state index contributed by atoms with van der Waals surface area (Å²) >= 11 is 0. The molecule has 0 heterocycles. The first-order valence-electron chi connectivity index (χ1n) is 30.6. The van der Waals surface area contributed by atoms with E-state index in [2.05, 4.69) is 106 Å². The molecule has 0 aromatic heterocycles. The van der Waals surface area contributed by atoms with E-state index in [-0.39, 0.29) is 31.1 Å². The topological polar surface area (TPSA) is 78.9 Å². The summed E-state index contributed by atoms with van der Waals surface area (Å²) in [5.41, 5.74) is 0. The predicted molar refractivity (Wildman–Crippen MR) is 311 cm³/mol. The van der Waals surface area contributed by atoms with Crippen LogP contribution in [0.2, 0.25) is 0 Å². The van der Waals surface area contributed by atoms with Gasteiger partial charge in [0.1, 0.15) is 13.2 Å². The molecule has 72 heavy (non-hydrogen) atoms. The lowest BCUT2D eigenvalue weighted by Gasteiger charge is -2.18. The summed E-state index contributed by atoms with van der Waals surface area (Å²) in [6.07, 6.45) is 78.7. The molecule has 0 saturated carbocycles. The molecule has 0 aromatic rings. The molecule has 0 radical (unpaired) electrons. The van der Waals surface area contributed by atoms with E-state index in [0.29, 0.717) is 19.3 Å². The fraction of sp³-hybridized carbons (Fsp3) is 0.742. The second-order valence-electron chi connectivity index (χ2n) is 20.2. The Labute approximate surface area is 445 Å². The Morgan fingerprint density at radius 1 is 0.292 bits per heavy atom. The van der Waals surface area contributed by atoms with E-state index < -0.39 is 6.10 Å². The zero-order chi connectivity index (χ0) is 52.2. The van der Waals surface area contributed by atoms with Gasteiger partial charge >= 0.3 is 17.9 Å². The third-order valence-electron chi connectivity index (χ3n) is 13.1. The lowest BCUT2D eigenvalue weighted by molar-refractivity contribution is -0.167. The van der Waals surface area contributed by atoms with Crippen LogP contribution in [-0.4, -0.2) is 37.2 Å². The second-order valence-corrected chi connectivity index (χ2v) is 20.2. The quantitative estimate of drug-likeness (QED) is 0.0261. The van der Waals surface area contributed by atoms with Crippen molar-refractivity contribution in [2.24, 2.45) is 0 Å². The zero-order valence-corrected chi connectivity index (χ0v) is 47.4. The summed E-state index contributed by atoms with van der Waals surface area (Å²) in [5, 5.41) is 0. The summed E-state index contributed by atoms with van der Waals surface area (Å²) in [6.45, 7) is 6.48. The average Bonchev–Trinajstić information content (AvgIpc) is 3.38. The number of ether oxygens (including phenoxy) is 3. The molecule has 0 aromatic carbocycles. The van der Waals surface area contributed by atoms with Gasteiger partial charge in [-0.05, 0) is 89.9 Å². The van der Waals surface area contributed by atoms with Gasteiger partial charge in [0.15, 0.2) is 6.10 Å². The highest BCUT2D eigenvalue weighted by atomic mass is 16.6. The largest absolute Gasteiger partial charge is 0.462 e. The number of hydrogen-bond acceptors (Lipinski definition) is 6. The zero-order valence-electron chi connectivity index (χ0n) is 47.4. The molecule has 6 nitrogen and oxygen atoms in total. The van der Waals surface area contributed by atoms with Crippen molar-refractivity contribution in [2.75, 3.05) is 13.2 Å². The van der Waals surface area contributed by atoms with Crippen LogP contribution >= 0.6 is 0 Å². The van der Waals surface area contributed by atoms with Crippen LogP contribution in [0.4, 0.5) is 0 Å². The highest BCUT2D eigenvalue weighted by molar-refractivity contribution is 5.71. The molecule has 0 aliphatic heterocycles. The molecule has 0 spiro atoms. The van der Waals surface area contributed by atoms with Gasteiger partial charge in [-0.3, -0.25) is 14.4 Å². The Morgan fingerprint density at radius 3 is 0.917 bits per heavy atom. The molecule has 0 fully saturated rings. The first-order valence-corrected chi connectivity index (χ1v) is 30.6. The number of carbonyl (C=O) groups excluding carboxylic acids is 3. The smallest absolute Gasteiger partial charge is 0.306 e. The molecular weight excluding hydrogens is 889 g/mol. The number of esters is 3. The van der Waals surface area contributed by atoms with Gasteiger partial charge in [0.25, 0.3) is 0 Å². The maximum atomic E-state index is 12.9.